The lowest BCUT2D eigenvalue weighted by atomic mass is 10.1. The number of methoxy groups -OCH3 is 1. The first kappa shape index (κ1) is 23.6. The van der Waals surface area contributed by atoms with Crippen LogP contribution in [0.15, 0.2) is 21.9 Å². The summed E-state index contributed by atoms with van der Waals surface area (Å²) in [6.45, 7) is 10.00. The topological polar surface area (TPSA) is 119 Å². The summed E-state index contributed by atoms with van der Waals surface area (Å²) < 4.78 is 11.3. The molecule has 0 spiro atoms. The van der Waals surface area contributed by atoms with Crippen molar-refractivity contribution in [3.05, 3.63) is 29.2 Å². The fourth-order valence-electron chi connectivity index (χ4n) is 4.03. The van der Waals surface area contributed by atoms with E-state index in [9.17, 15) is 0 Å². The second-order valence-electron chi connectivity index (χ2n) is 8.35. The minimum Gasteiger partial charge on any atom is -0.495 e. The molecule has 33 heavy (non-hydrogen) atoms. The van der Waals surface area contributed by atoms with Crippen LogP contribution in [0.5, 0.6) is 5.75 Å². The monoisotopic (exact) mass is 471 g/mol. The van der Waals surface area contributed by atoms with E-state index in [0.29, 0.717) is 30.2 Å². The third-order valence-electron chi connectivity index (χ3n) is 5.85. The van der Waals surface area contributed by atoms with Gasteiger partial charge in [0.2, 0.25) is 0 Å². The molecular weight excluding hydrogens is 438 g/mol. The number of hydrogen-bond donors (Lipinski definition) is 3. The highest BCUT2D eigenvalue weighted by molar-refractivity contribution is 7.99. The number of aromatic amines is 1. The van der Waals surface area contributed by atoms with Gasteiger partial charge in [-0.3, -0.25) is 4.90 Å². The number of rotatable bonds is 8. The molecule has 0 unspecified atom stereocenters. The Bertz CT molecular complexity index is 1130. The van der Waals surface area contributed by atoms with Crippen molar-refractivity contribution in [1.29, 1.82) is 0 Å². The Hall–Kier alpha value is -2.53. The Morgan fingerprint density at radius 3 is 2.58 bits per heavy atom. The maximum absolute atomic E-state index is 6.55. The van der Waals surface area contributed by atoms with Crippen molar-refractivity contribution in [3.8, 4) is 5.75 Å². The van der Waals surface area contributed by atoms with Crippen LogP contribution >= 0.6 is 11.8 Å². The van der Waals surface area contributed by atoms with Gasteiger partial charge in [-0.25, -0.2) is 9.97 Å². The fourth-order valence-corrected chi connectivity index (χ4v) is 5.10. The van der Waals surface area contributed by atoms with Crippen LogP contribution in [-0.4, -0.2) is 71.7 Å². The van der Waals surface area contributed by atoms with Crippen LogP contribution in [0.4, 0.5) is 11.5 Å². The average molecular weight is 472 g/mol. The van der Waals surface area contributed by atoms with Gasteiger partial charge < -0.3 is 30.8 Å². The number of benzene rings is 1. The van der Waals surface area contributed by atoms with Gasteiger partial charge in [0.15, 0.2) is 5.82 Å². The van der Waals surface area contributed by atoms with E-state index in [4.69, 9.17) is 20.9 Å². The average Bonchev–Trinajstić information content (AvgIpc) is 3.22. The van der Waals surface area contributed by atoms with Gasteiger partial charge in [0, 0.05) is 45.0 Å². The molecule has 4 rings (SSSR count). The van der Waals surface area contributed by atoms with Crippen molar-refractivity contribution in [3.63, 3.8) is 0 Å². The second kappa shape index (κ2) is 10.2. The fraction of sp³-hybridized carbons (Fsp3) is 0.478. The predicted molar refractivity (Wildman–Crippen MR) is 133 cm³/mol. The molecule has 2 aromatic heterocycles. The third-order valence-corrected chi connectivity index (χ3v) is 7.20. The zero-order valence-corrected chi connectivity index (χ0v) is 20.6. The molecule has 1 aliphatic heterocycles. The Kier molecular flexibility index (Phi) is 7.28. The largest absolute Gasteiger partial charge is 0.495 e. The first-order valence-electron chi connectivity index (χ1n) is 11.2. The van der Waals surface area contributed by atoms with Gasteiger partial charge in [0.1, 0.15) is 23.7 Å². The first-order chi connectivity index (χ1) is 15.9. The number of piperazine rings is 1. The van der Waals surface area contributed by atoms with Crippen LogP contribution in [0.2, 0.25) is 0 Å². The van der Waals surface area contributed by atoms with Crippen LogP contribution in [-0.2, 0) is 17.9 Å². The third kappa shape index (κ3) is 5.19. The maximum Gasteiger partial charge on any atom is 0.151 e. The lowest BCUT2D eigenvalue weighted by molar-refractivity contribution is 0.129. The Morgan fingerprint density at radius 1 is 1.12 bits per heavy atom. The van der Waals surface area contributed by atoms with E-state index in [1.165, 1.54) is 11.8 Å². The smallest absolute Gasteiger partial charge is 0.151 e. The standard InChI is InChI=1S/C23H33N7O2S/c1-5-32-13-18-27-19-20(28-18)23(25)26-14(2)21(19)33-22-16(24)10-15(11-17(22)31-4)12-30-8-6-29(3)7-9-30/h10-11H,5-9,12-13,24H2,1-4H3,(H2,25,26)(H,27,28). The lowest BCUT2D eigenvalue weighted by Gasteiger charge is -2.32. The van der Waals surface area contributed by atoms with Crippen molar-refractivity contribution < 1.29 is 9.47 Å². The van der Waals surface area contributed by atoms with Crippen LogP contribution < -0.4 is 16.2 Å². The molecule has 10 heteroatoms. The molecule has 0 radical (unpaired) electrons. The molecule has 5 N–H and O–H groups in total. The molecule has 1 fully saturated rings. The number of H-pyrrole nitrogens is 1. The molecule has 0 aliphatic carbocycles. The van der Waals surface area contributed by atoms with Crippen LogP contribution in [0.25, 0.3) is 11.0 Å². The van der Waals surface area contributed by atoms with Gasteiger partial charge in [-0.15, -0.1) is 0 Å². The van der Waals surface area contributed by atoms with E-state index in [-0.39, 0.29) is 0 Å². The van der Waals surface area contributed by atoms with Gasteiger partial charge >= 0.3 is 0 Å². The van der Waals surface area contributed by atoms with E-state index < -0.39 is 0 Å². The quantitative estimate of drug-likeness (QED) is 0.426. The summed E-state index contributed by atoms with van der Waals surface area (Å²) in [5.41, 5.74) is 16.8. The van der Waals surface area contributed by atoms with Gasteiger partial charge in [0.05, 0.1) is 28.1 Å². The molecule has 1 aromatic carbocycles. The molecule has 178 valence electrons. The number of nitrogens with one attached hydrogen (secondary N) is 1. The van der Waals surface area contributed by atoms with E-state index in [0.717, 1.165) is 70.9 Å². The number of fused-ring (bicyclic) bond motifs is 1. The summed E-state index contributed by atoms with van der Waals surface area (Å²) in [5, 5.41) is 0. The van der Waals surface area contributed by atoms with Crippen molar-refractivity contribution in [2.45, 2.75) is 36.8 Å². The minimum atomic E-state index is 0.389. The van der Waals surface area contributed by atoms with Crippen LogP contribution in [0, 0.1) is 6.92 Å². The number of nitrogens with two attached hydrogens (primary N) is 2. The molecule has 0 amide bonds. The Balaban J connectivity index is 1.65. The van der Waals surface area contributed by atoms with E-state index in [1.54, 1.807) is 7.11 Å². The van der Waals surface area contributed by atoms with E-state index in [2.05, 4.69) is 37.9 Å². The van der Waals surface area contributed by atoms with Crippen LogP contribution in [0.3, 0.4) is 0 Å². The lowest BCUT2D eigenvalue weighted by Crippen LogP contribution is -2.43. The number of imidazole rings is 1. The Labute approximate surface area is 198 Å². The molecule has 3 aromatic rings. The normalized spacial score (nSPS) is 15.4. The molecule has 0 atom stereocenters. The molecule has 1 saturated heterocycles. The van der Waals surface area contributed by atoms with Gasteiger partial charge in [-0.05, 0) is 38.6 Å². The highest BCUT2D eigenvalue weighted by Gasteiger charge is 2.21. The highest BCUT2D eigenvalue weighted by atomic mass is 32.2. The highest BCUT2D eigenvalue weighted by Crippen LogP contribution is 2.44. The summed E-state index contributed by atoms with van der Waals surface area (Å²) in [5.74, 6) is 1.87. The SMILES string of the molecule is CCOCc1nc2c(N)nc(C)c(Sc3c(N)cc(CN4CCN(C)CC4)cc3OC)c2[nH]1. The molecular formula is C23H33N7O2S. The molecule has 9 nitrogen and oxygen atoms in total. The molecule has 1 aliphatic rings. The molecule has 0 bridgehead atoms. The van der Waals surface area contributed by atoms with Crippen molar-refractivity contribution in [2.75, 3.05) is 58.4 Å². The number of anilines is 2. The summed E-state index contributed by atoms with van der Waals surface area (Å²) >= 11 is 1.52. The summed E-state index contributed by atoms with van der Waals surface area (Å²) in [7, 11) is 3.84. The van der Waals surface area contributed by atoms with E-state index >= 15 is 0 Å². The first-order valence-corrected chi connectivity index (χ1v) is 12.0. The number of nitrogen functional groups attached to an aromatic ring is 2. The second-order valence-corrected chi connectivity index (χ2v) is 9.37. The zero-order chi connectivity index (χ0) is 23.5. The van der Waals surface area contributed by atoms with Gasteiger partial charge in [0.25, 0.3) is 0 Å². The minimum absolute atomic E-state index is 0.389. The maximum atomic E-state index is 6.55. The number of aryl methyl sites for hydroxylation is 1. The van der Waals surface area contributed by atoms with Crippen molar-refractivity contribution >= 4 is 34.3 Å². The van der Waals surface area contributed by atoms with Crippen molar-refractivity contribution in [2.24, 2.45) is 0 Å². The zero-order valence-electron chi connectivity index (χ0n) is 19.8. The number of pyridine rings is 1. The predicted octanol–water partition coefficient (Wildman–Crippen LogP) is 2.87. The van der Waals surface area contributed by atoms with Gasteiger partial charge in [-0.1, -0.05) is 11.8 Å². The Morgan fingerprint density at radius 2 is 1.88 bits per heavy atom. The van der Waals surface area contributed by atoms with Crippen molar-refractivity contribution in [1.82, 2.24) is 24.8 Å². The number of nitrogens with zero attached hydrogens (tertiary/aromatic N) is 4. The summed E-state index contributed by atoms with van der Waals surface area (Å²) in [4.78, 5) is 19.0. The van der Waals surface area contributed by atoms with Crippen LogP contribution in [0.1, 0.15) is 24.0 Å². The van der Waals surface area contributed by atoms with Gasteiger partial charge in [-0.2, -0.15) is 0 Å². The number of ether oxygens (including phenoxy) is 2. The number of hydrogen-bond acceptors (Lipinski definition) is 9. The number of aromatic nitrogens is 3. The summed E-state index contributed by atoms with van der Waals surface area (Å²) in [6.07, 6.45) is 0. The molecule has 0 saturated carbocycles. The summed E-state index contributed by atoms with van der Waals surface area (Å²) in [6, 6.07) is 4.13. The van der Waals surface area contributed by atoms with E-state index in [1.807, 2.05) is 19.9 Å². The molecule has 3 heterocycles. The number of likely N-dealkylation sites (N-methyl/N-ethyl adjacent to an activating group) is 1.